The Morgan fingerprint density at radius 1 is 1.42 bits per heavy atom. The molecule has 1 nitrogen and oxygen atoms in total. The molecule has 12 heavy (non-hydrogen) atoms. The van der Waals surface area contributed by atoms with Crippen LogP contribution >= 0.6 is 0 Å². The Labute approximate surface area is 68.2 Å². The molecule has 0 radical (unpaired) electrons. The molecular weight excluding hydrogens is 169 g/mol. The average molecular weight is 178 g/mol. The first-order chi connectivity index (χ1) is 5.52. The topological polar surface area (TPSA) is 20.2 Å². The van der Waals surface area contributed by atoms with E-state index in [1.165, 1.54) is 12.2 Å². The van der Waals surface area contributed by atoms with Crippen molar-refractivity contribution < 1.29 is 18.3 Å². The fourth-order valence-electron chi connectivity index (χ4n) is 1.06. The van der Waals surface area contributed by atoms with Crippen LogP contribution in [0.4, 0.5) is 13.2 Å². The van der Waals surface area contributed by atoms with Crippen molar-refractivity contribution in [2.24, 2.45) is 0 Å². The minimum Gasteiger partial charge on any atom is -0.379 e. The zero-order chi connectivity index (χ0) is 9.19. The molecule has 68 valence electrons. The summed E-state index contributed by atoms with van der Waals surface area (Å²) in [5.41, 5.74) is 0.0463. The van der Waals surface area contributed by atoms with Crippen molar-refractivity contribution in [3.63, 3.8) is 0 Å². The van der Waals surface area contributed by atoms with Gasteiger partial charge in [-0.3, -0.25) is 0 Å². The molecule has 1 unspecified atom stereocenters. The van der Waals surface area contributed by atoms with Gasteiger partial charge in [0.05, 0.1) is 0 Å². The average Bonchev–Trinajstić information content (AvgIpc) is 2.03. The van der Waals surface area contributed by atoms with E-state index in [0.29, 0.717) is 6.42 Å². The number of aliphatic hydroxyl groups excluding tert-OH is 1. The van der Waals surface area contributed by atoms with E-state index in [1.807, 2.05) is 0 Å². The Bertz CT molecular complexity index is 215. The largest absolute Gasteiger partial charge is 0.418 e. The van der Waals surface area contributed by atoms with Crippen molar-refractivity contribution in [2.75, 3.05) is 0 Å². The lowest BCUT2D eigenvalue weighted by Gasteiger charge is -2.18. The van der Waals surface area contributed by atoms with E-state index in [0.717, 1.165) is 0 Å². The van der Waals surface area contributed by atoms with E-state index in [4.69, 9.17) is 5.11 Å². The summed E-state index contributed by atoms with van der Waals surface area (Å²) in [5.74, 6) is 0. The summed E-state index contributed by atoms with van der Waals surface area (Å²) in [7, 11) is 0. The van der Waals surface area contributed by atoms with Crippen molar-refractivity contribution in [1.29, 1.82) is 0 Å². The fourth-order valence-corrected chi connectivity index (χ4v) is 1.06. The molecule has 0 bridgehead atoms. The molecular formula is C8H9F3O. The molecule has 0 fully saturated rings. The van der Waals surface area contributed by atoms with E-state index in [9.17, 15) is 13.2 Å². The van der Waals surface area contributed by atoms with Gasteiger partial charge in [0, 0.05) is 0 Å². The van der Waals surface area contributed by atoms with E-state index >= 15 is 0 Å². The molecule has 0 aromatic heterocycles. The SMILES string of the molecule is OC(C1=CC=CCC1)C(F)(F)F. The van der Waals surface area contributed by atoms with Gasteiger partial charge in [0.25, 0.3) is 0 Å². The van der Waals surface area contributed by atoms with Gasteiger partial charge < -0.3 is 5.11 Å². The van der Waals surface area contributed by atoms with Gasteiger partial charge in [-0.05, 0) is 18.4 Å². The Kier molecular flexibility index (Phi) is 2.57. The minimum atomic E-state index is -4.53. The molecule has 4 heteroatoms. The molecule has 0 aromatic rings. The van der Waals surface area contributed by atoms with Crippen LogP contribution in [0.3, 0.4) is 0 Å². The highest BCUT2D eigenvalue weighted by molar-refractivity contribution is 5.21. The van der Waals surface area contributed by atoms with Gasteiger partial charge in [-0.15, -0.1) is 0 Å². The number of aliphatic hydroxyl groups is 1. The normalized spacial score (nSPS) is 20.5. The van der Waals surface area contributed by atoms with E-state index in [2.05, 4.69) is 0 Å². The van der Waals surface area contributed by atoms with E-state index in [-0.39, 0.29) is 12.0 Å². The molecule has 1 aliphatic carbocycles. The van der Waals surface area contributed by atoms with Gasteiger partial charge in [-0.25, -0.2) is 0 Å². The summed E-state index contributed by atoms with van der Waals surface area (Å²) in [6, 6.07) is 0. The highest BCUT2D eigenvalue weighted by atomic mass is 19.4. The molecule has 0 spiro atoms. The molecule has 0 aromatic carbocycles. The molecule has 1 rings (SSSR count). The monoisotopic (exact) mass is 178 g/mol. The maximum absolute atomic E-state index is 11.9. The maximum Gasteiger partial charge on any atom is 0.418 e. The zero-order valence-corrected chi connectivity index (χ0v) is 6.30. The third-order valence-electron chi connectivity index (χ3n) is 1.71. The summed E-state index contributed by atoms with van der Waals surface area (Å²) < 4.78 is 35.8. The van der Waals surface area contributed by atoms with Gasteiger partial charge in [0.1, 0.15) is 0 Å². The Hall–Kier alpha value is -0.770. The molecule has 0 aliphatic heterocycles. The summed E-state index contributed by atoms with van der Waals surface area (Å²) in [6.45, 7) is 0. The number of halogens is 3. The highest BCUT2D eigenvalue weighted by Gasteiger charge is 2.40. The van der Waals surface area contributed by atoms with Crippen LogP contribution in [0.15, 0.2) is 23.8 Å². The number of rotatable bonds is 1. The Balaban J connectivity index is 2.69. The lowest BCUT2D eigenvalue weighted by molar-refractivity contribution is -0.191. The van der Waals surface area contributed by atoms with Crippen molar-refractivity contribution in [2.45, 2.75) is 25.1 Å². The second-order valence-electron chi connectivity index (χ2n) is 2.65. The van der Waals surface area contributed by atoms with Crippen LogP contribution in [0, 0.1) is 0 Å². The molecule has 1 aliphatic rings. The molecule has 0 heterocycles. The Morgan fingerprint density at radius 2 is 2.08 bits per heavy atom. The number of alkyl halides is 3. The molecule has 1 atom stereocenters. The van der Waals surface area contributed by atoms with Gasteiger partial charge in [0.2, 0.25) is 0 Å². The smallest absolute Gasteiger partial charge is 0.379 e. The Morgan fingerprint density at radius 3 is 2.50 bits per heavy atom. The number of hydrogen-bond acceptors (Lipinski definition) is 1. The highest BCUT2D eigenvalue weighted by Crippen LogP contribution is 2.28. The van der Waals surface area contributed by atoms with Crippen molar-refractivity contribution in [1.82, 2.24) is 0 Å². The van der Waals surface area contributed by atoms with E-state index < -0.39 is 12.3 Å². The third-order valence-corrected chi connectivity index (χ3v) is 1.71. The second-order valence-corrected chi connectivity index (χ2v) is 2.65. The van der Waals surface area contributed by atoms with E-state index in [1.54, 1.807) is 6.08 Å². The summed E-state index contributed by atoms with van der Waals surface area (Å²) >= 11 is 0. The fraction of sp³-hybridized carbons (Fsp3) is 0.500. The van der Waals surface area contributed by atoms with Gasteiger partial charge in [-0.1, -0.05) is 18.2 Å². The molecule has 0 saturated carbocycles. The van der Waals surface area contributed by atoms with Crippen LogP contribution in [0.1, 0.15) is 12.8 Å². The predicted molar refractivity (Wildman–Crippen MR) is 38.5 cm³/mol. The van der Waals surface area contributed by atoms with Crippen molar-refractivity contribution in [3.05, 3.63) is 23.8 Å². The van der Waals surface area contributed by atoms with Crippen LogP contribution < -0.4 is 0 Å². The first-order valence-corrected chi connectivity index (χ1v) is 3.62. The molecule has 1 N–H and O–H groups in total. The van der Waals surface area contributed by atoms with Crippen LogP contribution in [0.2, 0.25) is 0 Å². The lowest BCUT2D eigenvalue weighted by atomic mass is 10.00. The summed E-state index contributed by atoms with van der Waals surface area (Å²) in [6.07, 6.45) is -1.34. The summed E-state index contributed by atoms with van der Waals surface area (Å²) in [5, 5.41) is 8.78. The predicted octanol–water partition coefficient (Wildman–Crippen LogP) is 2.19. The van der Waals surface area contributed by atoms with Crippen molar-refractivity contribution >= 4 is 0 Å². The first-order valence-electron chi connectivity index (χ1n) is 3.62. The standard InChI is InChI=1S/C8H9F3O/c9-8(10,11)7(12)6-4-2-1-3-5-6/h1-2,4,7,12H,3,5H2. The van der Waals surface area contributed by atoms with Crippen LogP contribution in [-0.2, 0) is 0 Å². The molecule has 0 saturated heterocycles. The van der Waals surface area contributed by atoms with Crippen molar-refractivity contribution in [3.8, 4) is 0 Å². The van der Waals surface area contributed by atoms with Gasteiger partial charge in [0.15, 0.2) is 6.10 Å². The molecule has 0 amide bonds. The first kappa shape index (κ1) is 9.32. The van der Waals surface area contributed by atoms with Crippen LogP contribution in [-0.4, -0.2) is 17.4 Å². The number of allylic oxidation sites excluding steroid dienone is 3. The van der Waals surface area contributed by atoms with Gasteiger partial charge in [-0.2, -0.15) is 13.2 Å². The quantitative estimate of drug-likeness (QED) is 0.652. The lowest BCUT2D eigenvalue weighted by Crippen LogP contribution is -2.30. The van der Waals surface area contributed by atoms with Gasteiger partial charge >= 0.3 is 6.18 Å². The maximum atomic E-state index is 11.9. The summed E-state index contributed by atoms with van der Waals surface area (Å²) in [4.78, 5) is 0. The zero-order valence-electron chi connectivity index (χ0n) is 6.30. The van der Waals surface area contributed by atoms with Crippen LogP contribution in [0.25, 0.3) is 0 Å². The second kappa shape index (κ2) is 3.31. The third kappa shape index (κ3) is 2.11. The minimum absolute atomic E-state index is 0.0463. The number of hydrogen-bond donors (Lipinski definition) is 1. The van der Waals surface area contributed by atoms with Crippen LogP contribution in [0.5, 0.6) is 0 Å².